The highest BCUT2D eigenvalue weighted by Gasteiger charge is 2.70. The first-order valence-electron chi connectivity index (χ1n) is 6.93. The van der Waals surface area contributed by atoms with Crippen LogP contribution in [0.2, 0.25) is 0 Å². The van der Waals surface area contributed by atoms with E-state index in [9.17, 15) is 4.79 Å². The number of ketones is 1. The molecule has 0 heterocycles. The average Bonchev–Trinajstić information content (AvgIpc) is 2.78. The van der Waals surface area contributed by atoms with Crippen LogP contribution in [0.5, 0.6) is 0 Å². The minimum absolute atomic E-state index is 0.321. The number of carbonyl (C=O) groups is 1. The smallest absolute Gasteiger partial charge is 0.136 e. The Morgan fingerprint density at radius 1 is 1.12 bits per heavy atom. The SMILES string of the molecule is C[C@@H]1CCC(=O)[C@@H]2CC[C@@H]3[C@H](C3(C)C)[C@@]12C. The number of fused-ring (bicyclic) bond motifs is 3. The van der Waals surface area contributed by atoms with Crippen molar-refractivity contribution in [2.75, 3.05) is 0 Å². The average molecular weight is 220 g/mol. The van der Waals surface area contributed by atoms with E-state index in [4.69, 9.17) is 0 Å². The van der Waals surface area contributed by atoms with Gasteiger partial charge in [-0.15, -0.1) is 0 Å². The summed E-state index contributed by atoms with van der Waals surface area (Å²) in [7, 11) is 0. The highest BCUT2D eigenvalue weighted by atomic mass is 16.1. The monoisotopic (exact) mass is 220 g/mol. The van der Waals surface area contributed by atoms with Gasteiger partial charge in [-0.2, -0.15) is 0 Å². The highest BCUT2D eigenvalue weighted by Crippen LogP contribution is 2.75. The molecule has 0 aliphatic heterocycles. The maximum atomic E-state index is 12.2. The molecule has 0 unspecified atom stereocenters. The summed E-state index contributed by atoms with van der Waals surface area (Å²) in [4.78, 5) is 12.2. The Morgan fingerprint density at radius 2 is 1.81 bits per heavy atom. The zero-order valence-electron chi connectivity index (χ0n) is 11.0. The second-order valence-corrected chi connectivity index (χ2v) is 7.31. The molecule has 1 nitrogen and oxygen atoms in total. The van der Waals surface area contributed by atoms with Crippen LogP contribution in [0, 0.1) is 34.5 Å². The molecule has 16 heavy (non-hydrogen) atoms. The van der Waals surface area contributed by atoms with E-state index < -0.39 is 0 Å². The molecule has 0 amide bonds. The summed E-state index contributed by atoms with van der Waals surface area (Å²) in [5.41, 5.74) is 0.830. The predicted octanol–water partition coefficient (Wildman–Crippen LogP) is 3.67. The van der Waals surface area contributed by atoms with Gasteiger partial charge in [-0.1, -0.05) is 27.7 Å². The second-order valence-electron chi connectivity index (χ2n) is 7.31. The molecular formula is C15H24O. The van der Waals surface area contributed by atoms with E-state index in [0.29, 0.717) is 22.5 Å². The van der Waals surface area contributed by atoms with Crippen LogP contribution in [-0.2, 0) is 4.79 Å². The van der Waals surface area contributed by atoms with E-state index in [0.717, 1.165) is 30.6 Å². The first-order chi connectivity index (χ1) is 7.40. The molecule has 3 aliphatic rings. The molecule has 0 aromatic rings. The van der Waals surface area contributed by atoms with Crippen molar-refractivity contribution in [3.05, 3.63) is 0 Å². The summed E-state index contributed by atoms with van der Waals surface area (Å²) in [5, 5.41) is 0. The summed E-state index contributed by atoms with van der Waals surface area (Å²) in [6, 6.07) is 0. The molecule has 0 N–H and O–H groups in total. The number of carbonyl (C=O) groups excluding carboxylic acids is 1. The lowest BCUT2D eigenvalue weighted by atomic mass is 9.54. The Kier molecular flexibility index (Phi) is 1.97. The molecule has 3 rings (SSSR count). The third-order valence-electron chi connectivity index (χ3n) is 6.51. The van der Waals surface area contributed by atoms with Gasteiger partial charge in [0.15, 0.2) is 0 Å². The predicted molar refractivity (Wildman–Crippen MR) is 65.0 cm³/mol. The van der Waals surface area contributed by atoms with Crippen LogP contribution < -0.4 is 0 Å². The van der Waals surface area contributed by atoms with Crippen molar-refractivity contribution >= 4 is 5.78 Å². The zero-order valence-corrected chi connectivity index (χ0v) is 11.0. The first-order valence-corrected chi connectivity index (χ1v) is 6.93. The molecule has 1 heteroatoms. The standard InChI is InChI=1S/C15H24O/c1-9-5-8-12(16)10-6-7-11-13(14(11,2)3)15(9,10)4/h9-11,13H,5-8H2,1-4H3/t9-,10+,11-,13-,15+/m1/s1. The van der Waals surface area contributed by atoms with Crippen LogP contribution in [0.1, 0.15) is 53.4 Å². The van der Waals surface area contributed by atoms with Crippen molar-refractivity contribution in [3.63, 3.8) is 0 Å². The van der Waals surface area contributed by atoms with Crippen LogP contribution >= 0.6 is 0 Å². The van der Waals surface area contributed by atoms with Gasteiger partial charge in [-0.05, 0) is 47.8 Å². The third kappa shape index (κ3) is 1.05. The van der Waals surface area contributed by atoms with E-state index in [2.05, 4.69) is 27.7 Å². The molecule has 0 bridgehead atoms. The first kappa shape index (κ1) is 10.8. The fourth-order valence-corrected chi connectivity index (χ4v) is 5.39. The number of hydrogen-bond acceptors (Lipinski definition) is 1. The summed E-state index contributed by atoms with van der Waals surface area (Å²) < 4.78 is 0. The molecule has 0 spiro atoms. The lowest BCUT2D eigenvalue weighted by Gasteiger charge is -2.49. The molecule has 0 aromatic heterocycles. The van der Waals surface area contributed by atoms with Gasteiger partial charge < -0.3 is 0 Å². The molecule has 0 radical (unpaired) electrons. The summed E-state index contributed by atoms with van der Waals surface area (Å²) in [5.74, 6) is 3.42. The summed E-state index contributed by atoms with van der Waals surface area (Å²) in [6.45, 7) is 9.64. The lowest BCUT2D eigenvalue weighted by molar-refractivity contribution is -0.137. The van der Waals surface area contributed by atoms with Gasteiger partial charge in [0, 0.05) is 12.3 Å². The van der Waals surface area contributed by atoms with Gasteiger partial charge in [0.05, 0.1) is 0 Å². The lowest BCUT2D eigenvalue weighted by Crippen LogP contribution is -2.47. The molecule has 3 saturated carbocycles. The Bertz CT molecular complexity index is 343. The van der Waals surface area contributed by atoms with Crippen LogP contribution in [0.4, 0.5) is 0 Å². The van der Waals surface area contributed by atoms with Gasteiger partial charge in [-0.25, -0.2) is 0 Å². The van der Waals surface area contributed by atoms with E-state index in [-0.39, 0.29) is 0 Å². The molecule has 3 fully saturated rings. The van der Waals surface area contributed by atoms with Crippen molar-refractivity contribution in [1.29, 1.82) is 0 Å². The summed E-state index contributed by atoms with van der Waals surface area (Å²) in [6.07, 6.45) is 4.45. The van der Waals surface area contributed by atoms with Crippen LogP contribution in [0.3, 0.4) is 0 Å². The maximum absolute atomic E-state index is 12.2. The van der Waals surface area contributed by atoms with E-state index in [1.807, 2.05) is 0 Å². The van der Waals surface area contributed by atoms with Crippen molar-refractivity contribution < 1.29 is 4.79 Å². The molecule has 5 atom stereocenters. The van der Waals surface area contributed by atoms with E-state index >= 15 is 0 Å². The zero-order chi connectivity index (χ0) is 11.7. The Balaban J connectivity index is 2.00. The minimum atomic E-state index is 0.321. The van der Waals surface area contributed by atoms with E-state index in [1.165, 1.54) is 12.8 Å². The highest BCUT2D eigenvalue weighted by molar-refractivity contribution is 5.83. The van der Waals surface area contributed by atoms with Crippen molar-refractivity contribution in [1.82, 2.24) is 0 Å². The fourth-order valence-electron chi connectivity index (χ4n) is 5.39. The quantitative estimate of drug-likeness (QED) is 0.608. The van der Waals surface area contributed by atoms with Gasteiger partial charge in [-0.3, -0.25) is 4.79 Å². The van der Waals surface area contributed by atoms with Gasteiger partial charge in [0.1, 0.15) is 5.78 Å². The fraction of sp³-hybridized carbons (Fsp3) is 0.933. The van der Waals surface area contributed by atoms with Crippen LogP contribution in [-0.4, -0.2) is 5.78 Å². The van der Waals surface area contributed by atoms with Crippen molar-refractivity contribution in [3.8, 4) is 0 Å². The number of hydrogen-bond donors (Lipinski definition) is 0. The topological polar surface area (TPSA) is 17.1 Å². The van der Waals surface area contributed by atoms with Crippen LogP contribution in [0.25, 0.3) is 0 Å². The third-order valence-corrected chi connectivity index (χ3v) is 6.51. The Morgan fingerprint density at radius 3 is 2.50 bits per heavy atom. The van der Waals surface area contributed by atoms with Gasteiger partial charge in [0.25, 0.3) is 0 Å². The molecule has 3 aliphatic carbocycles. The summed E-state index contributed by atoms with van der Waals surface area (Å²) >= 11 is 0. The van der Waals surface area contributed by atoms with Crippen molar-refractivity contribution in [2.45, 2.75) is 53.4 Å². The van der Waals surface area contributed by atoms with E-state index in [1.54, 1.807) is 0 Å². The normalized spacial score (nSPS) is 54.1. The Labute approximate surface area is 99.0 Å². The Hall–Kier alpha value is -0.330. The molecule has 0 saturated heterocycles. The molecule has 0 aromatic carbocycles. The largest absolute Gasteiger partial charge is 0.299 e. The minimum Gasteiger partial charge on any atom is -0.299 e. The van der Waals surface area contributed by atoms with Crippen molar-refractivity contribution in [2.24, 2.45) is 34.5 Å². The maximum Gasteiger partial charge on any atom is 0.136 e. The van der Waals surface area contributed by atoms with Crippen LogP contribution in [0.15, 0.2) is 0 Å². The molecular weight excluding hydrogens is 196 g/mol. The second kappa shape index (κ2) is 2.91. The number of rotatable bonds is 0. The van der Waals surface area contributed by atoms with Gasteiger partial charge >= 0.3 is 0 Å². The number of Topliss-reactive ketones (excluding diaryl/α,β-unsaturated/α-hetero) is 1. The van der Waals surface area contributed by atoms with Gasteiger partial charge in [0.2, 0.25) is 0 Å². The molecule has 90 valence electrons.